The molecule has 0 saturated carbocycles. The maximum absolute atomic E-state index is 13.5. The number of halogens is 5. The van der Waals surface area contributed by atoms with Gasteiger partial charge in [-0.15, -0.1) is 0 Å². The van der Waals surface area contributed by atoms with Crippen LogP contribution >= 0.6 is 0 Å². The highest BCUT2D eigenvalue weighted by Crippen LogP contribution is 2.26. The smallest absolute Gasteiger partial charge is 0.319 e. The van der Waals surface area contributed by atoms with Crippen LogP contribution in [0.15, 0.2) is 0 Å². The Morgan fingerprint density at radius 1 is 0.889 bits per heavy atom. The number of benzene rings is 1. The van der Waals surface area contributed by atoms with Gasteiger partial charge in [-0.05, 0) is 27.7 Å². The molecule has 154 valence electrons. The van der Waals surface area contributed by atoms with Crippen molar-refractivity contribution >= 4 is 21.5 Å². The van der Waals surface area contributed by atoms with Crippen LogP contribution in [0.5, 0.6) is 0 Å². The summed E-state index contributed by atoms with van der Waals surface area (Å²) in [5.41, 5.74) is -1.43. The zero-order chi connectivity index (χ0) is 20.7. The van der Waals surface area contributed by atoms with Gasteiger partial charge in [-0.2, -0.15) is 0 Å². The van der Waals surface area contributed by atoms with Crippen molar-refractivity contribution in [2.24, 2.45) is 0 Å². The Labute approximate surface area is 155 Å². The highest BCUT2D eigenvalue weighted by molar-refractivity contribution is 6.28. The summed E-state index contributed by atoms with van der Waals surface area (Å²) in [7, 11) is -1.41. The van der Waals surface area contributed by atoms with Gasteiger partial charge in [-0.3, -0.25) is 0 Å². The van der Waals surface area contributed by atoms with Crippen molar-refractivity contribution in [3.63, 3.8) is 0 Å². The van der Waals surface area contributed by atoms with Gasteiger partial charge in [0.2, 0.25) is 5.82 Å². The molecule has 2 amide bonds. The second kappa shape index (κ2) is 10.5. The highest BCUT2D eigenvalue weighted by atomic mass is 28.2. The number of nitrogens with one attached hydrogen (secondary N) is 2. The topological polar surface area (TPSA) is 68.8 Å². The Hall–Kier alpha value is -1.76. The number of carbonyl (C=O) groups excluding carboxylic acids is 1. The number of amides is 2. The molecule has 0 aliphatic rings. The van der Waals surface area contributed by atoms with Crippen LogP contribution in [0.2, 0.25) is 0 Å². The van der Waals surface area contributed by atoms with Gasteiger partial charge < -0.3 is 24.5 Å². The van der Waals surface area contributed by atoms with Gasteiger partial charge >= 0.3 is 6.03 Å². The zero-order valence-corrected chi connectivity index (χ0v) is 16.6. The summed E-state index contributed by atoms with van der Waals surface area (Å²) in [5, 5.41) is 3.80. The van der Waals surface area contributed by atoms with E-state index in [2.05, 4.69) is 5.32 Å². The van der Waals surface area contributed by atoms with Crippen LogP contribution in [0, 0.1) is 29.1 Å². The monoisotopic (exact) mass is 416 g/mol. The van der Waals surface area contributed by atoms with Gasteiger partial charge in [0.15, 0.2) is 33.0 Å². The second-order valence-electron chi connectivity index (χ2n) is 5.85. The first kappa shape index (κ1) is 23.3. The summed E-state index contributed by atoms with van der Waals surface area (Å²) in [4.78, 5) is 11.6. The predicted molar refractivity (Wildman–Crippen MR) is 89.1 cm³/mol. The molecule has 0 aliphatic carbocycles. The molecule has 0 spiro atoms. The summed E-state index contributed by atoms with van der Waals surface area (Å²) in [5.74, 6) is -10.9. The molecule has 0 saturated heterocycles. The van der Waals surface area contributed by atoms with Gasteiger partial charge in [-0.25, -0.2) is 26.7 Å². The number of urea groups is 1. The lowest BCUT2D eigenvalue weighted by molar-refractivity contribution is -0.275. The van der Waals surface area contributed by atoms with Gasteiger partial charge in [0.05, 0.1) is 12.2 Å². The third-order valence-electron chi connectivity index (χ3n) is 2.86. The minimum Gasteiger partial charge on any atom is -0.377 e. The molecule has 0 aromatic heterocycles. The fraction of sp³-hybridized carbons (Fsp3) is 0.533. The van der Waals surface area contributed by atoms with Crippen LogP contribution in [0.3, 0.4) is 0 Å². The van der Waals surface area contributed by atoms with Crippen molar-refractivity contribution in [3.8, 4) is 0 Å². The quantitative estimate of drug-likeness (QED) is 0.162. The fourth-order valence-electron chi connectivity index (χ4n) is 1.75. The van der Waals surface area contributed by atoms with Crippen LogP contribution in [-0.4, -0.2) is 40.6 Å². The van der Waals surface area contributed by atoms with E-state index in [0.717, 1.165) is 0 Å². The molecular weight excluding hydrogens is 395 g/mol. The standard InChI is InChI=1S/C15H21F5N2O4Si/c1-6(2)24-15(25-7(3)4)26-27-5-21-14(23)22-13-11(19)9(17)8(16)10(18)12(13)20/h6-7,15H,5,27H2,1-4H3,(H2,21,22,23). The van der Waals surface area contributed by atoms with Crippen molar-refractivity contribution < 1.29 is 40.6 Å². The van der Waals surface area contributed by atoms with Crippen molar-refractivity contribution in [1.29, 1.82) is 0 Å². The first-order valence-corrected chi connectivity index (χ1v) is 9.61. The van der Waals surface area contributed by atoms with Crippen molar-refractivity contribution in [1.82, 2.24) is 5.32 Å². The van der Waals surface area contributed by atoms with E-state index in [9.17, 15) is 26.7 Å². The lowest BCUT2D eigenvalue weighted by Gasteiger charge is -2.23. The SMILES string of the molecule is CC(C)OC(O[SiH2]CNC(=O)Nc1c(F)c(F)c(F)c(F)c1F)OC(C)C. The van der Waals surface area contributed by atoms with E-state index in [0.29, 0.717) is 0 Å². The van der Waals surface area contributed by atoms with Gasteiger partial charge in [0, 0.05) is 6.17 Å². The molecule has 0 aliphatic heterocycles. The van der Waals surface area contributed by atoms with E-state index >= 15 is 0 Å². The van der Waals surface area contributed by atoms with Crippen molar-refractivity contribution in [2.75, 3.05) is 11.5 Å². The molecule has 12 heteroatoms. The van der Waals surface area contributed by atoms with Crippen LogP contribution in [-0.2, 0) is 13.9 Å². The minimum absolute atomic E-state index is 0.0133. The van der Waals surface area contributed by atoms with E-state index in [1.54, 1.807) is 33.0 Å². The van der Waals surface area contributed by atoms with Gasteiger partial charge in [-0.1, -0.05) is 0 Å². The van der Waals surface area contributed by atoms with Gasteiger partial charge in [0.25, 0.3) is 6.48 Å². The van der Waals surface area contributed by atoms with E-state index in [1.807, 2.05) is 0 Å². The fourth-order valence-corrected chi connectivity index (χ4v) is 2.54. The largest absolute Gasteiger partial charge is 0.377 e. The average Bonchev–Trinajstić information content (AvgIpc) is 2.58. The molecule has 0 unspecified atom stereocenters. The molecule has 0 bridgehead atoms. The molecule has 0 fully saturated rings. The minimum atomic E-state index is -2.31. The highest BCUT2D eigenvalue weighted by Gasteiger charge is 2.26. The first-order valence-electron chi connectivity index (χ1n) is 8.03. The number of rotatable bonds is 9. The second-order valence-corrected chi connectivity index (χ2v) is 7.10. The molecule has 1 aromatic carbocycles. The zero-order valence-electron chi connectivity index (χ0n) is 15.2. The molecule has 1 aromatic rings. The Morgan fingerprint density at radius 3 is 1.78 bits per heavy atom. The van der Waals surface area contributed by atoms with Gasteiger partial charge in [0.1, 0.15) is 5.69 Å². The van der Waals surface area contributed by atoms with E-state index in [-0.39, 0.29) is 18.4 Å². The number of anilines is 1. The third-order valence-corrected chi connectivity index (χ3v) is 3.82. The summed E-state index contributed by atoms with van der Waals surface area (Å²) in [6.07, 6.45) is -0.359. The van der Waals surface area contributed by atoms with Crippen LogP contribution in [0.1, 0.15) is 27.7 Å². The Morgan fingerprint density at radius 2 is 1.33 bits per heavy atom. The summed E-state index contributed by atoms with van der Waals surface area (Å²) in [6.45, 7) is 6.17. The lowest BCUT2D eigenvalue weighted by Crippen LogP contribution is -2.36. The molecule has 0 radical (unpaired) electrons. The normalized spacial score (nSPS) is 12.0. The molecule has 27 heavy (non-hydrogen) atoms. The van der Waals surface area contributed by atoms with Crippen molar-refractivity contribution in [2.45, 2.75) is 46.4 Å². The van der Waals surface area contributed by atoms with Crippen LogP contribution in [0.25, 0.3) is 0 Å². The number of ether oxygens (including phenoxy) is 2. The molecule has 2 N–H and O–H groups in total. The Bertz CT molecular complexity index is 625. The van der Waals surface area contributed by atoms with Crippen LogP contribution < -0.4 is 10.6 Å². The summed E-state index contributed by atoms with van der Waals surface area (Å²) in [6, 6.07) is -1.15. The van der Waals surface area contributed by atoms with E-state index in [4.69, 9.17) is 13.9 Å². The first-order chi connectivity index (χ1) is 12.5. The molecule has 1 rings (SSSR count). The molecular formula is C15H21F5N2O4Si. The van der Waals surface area contributed by atoms with Crippen molar-refractivity contribution in [3.05, 3.63) is 29.1 Å². The maximum Gasteiger partial charge on any atom is 0.319 e. The number of hydrogen-bond donors (Lipinski definition) is 2. The molecule has 0 atom stereocenters. The third kappa shape index (κ3) is 7.05. The average molecular weight is 416 g/mol. The maximum atomic E-state index is 13.5. The predicted octanol–water partition coefficient (Wildman–Crippen LogP) is 2.70. The van der Waals surface area contributed by atoms with E-state index < -0.39 is 57.0 Å². The Balaban J connectivity index is 2.57. The van der Waals surface area contributed by atoms with E-state index in [1.165, 1.54) is 0 Å². The number of carbonyl (C=O) groups is 1. The van der Waals surface area contributed by atoms with Crippen LogP contribution in [0.4, 0.5) is 32.4 Å². The summed E-state index contributed by atoms with van der Waals surface area (Å²) < 4.78 is 82.2. The molecule has 0 heterocycles. The molecule has 6 nitrogen and oxygen atoms in total. The lowest BCUT2D eigenvalue weighted by atomic mass is 10.2. The Kier molecular flexibility index (Phi) is 9.09. The summed E-state index contributed by atoms with van der Waals surface area (Å²) >= 11 is 0. The number of hydrogen-bond acceptors (Lipinski definition) is 4.